The molecule has 2 aliphatic rings. The second-order valence-corrected chi connectivity index (χ2v) is 11.1. The molecule has 6 nitrogen and oxygen atoms in total. The molecule has 2 unspecified atom stereocenters. The van der Waals surface area contributed by atoms with Crippen LogP contribution in [-0.2, 0) is 22.3 Å². The zero-order chi connectivity index (χ0) is 28.5. The van der Waals surface area contributed by atoms with Gasteiger partial charge in [0.15, 0.2) is 0 Å². The minimum absolute atomic E-state index is 0.0147. The van der Waals surface area contributed by atoms with E-state index in [1.54, 1.807) is 24.1 Å². The molecule has 2 aliphatic heterocycles. The molecule has 3 atom stereocenters. The molecular formula is C27H30Cl2F4N4O2. The predicted molar refractivity (Wildman–Crippen MR) is 141 cm³/mol. The molecule has 2 saturated heterocycles. The number of likely N-dealkylation sites (tertiary alicyclic amines) is 2. The van der Waals surface area contributed by atoms with Crippen molar-refractivity contribution < 1.29 is 27.2 Å². The summed E-state index contributed by atoms with van der Waals surface area (Å²) < 4.78 is 53.2. The molecular weight excluding hydrogens is 559 g/mol. The number of nitrogens with zero attached hydrogens (tertiary/aromatic N) is 3. The van der Waals surface area contributed by atoms with Crippen LogP contribution in [-0.4, -0.2) is 78.4 Å². The van der Waals surface area contributed by atoms with Gasteiger partial charge in [-0.25, -0.2) is 4.39 Å². The molecule has 2 aromatic rings. The number of carbonyl (C=O) groups is 2. The van der Waals surface area contributed by atoms with Crippen LogP contribution in [0, 0.1) is 5.82 Å². The summed E-state index contributed by atoms with van der Waals surface area (Å²) in [6, 6.07) is 8.05. The van der Waals surface area contributed by atoms with E-state index in [4.69, 9.17) is 23.2 Å². The lowest BCUT2D eigenvalue weighted by molar-refractivity contribution is -0.140. The van der Waals surface area contributed by atoms with E-state index in [0.29, 0.717) is 41.8 Å². The van der Waals surface area contributed by atoms with Crippen LogP contribution >= 0.6 is 23.2 Å². The third-order valence-corrected chi connectivity index (χ3v) is 8.13. The Morgan fingerprint density at radius 3 is 2.46 bits per heavy atom. The highest BCUT2D eigenvalue weighted by Crippen LogP contribution is 2.36. The van der Waals surface area contributed by atoms with Gasteiger partial charge in [-0.2, -0.15) is 13.2 Å². The van der Waals surface area contributed by atoms with Gasteiger partial charge >= 0.3 is 6.18 Å². The van der Waals surface area contributed by atoms with Gasteiger partial charge in [-0.05, 0) is 48.9 Å². The quantitative estimate of drug-likeness (QED) is 0.473. The van der Waals surface area contributed by atoms with Crippen LogP contribution in [0.25, 0.3) is 0 Å². The highest BCUT2D eigenvalue weighted by molar-refractivity contribution is 6.42. The number of likely N-dealkylation sites (N-methyl/N-ethyl adjacent to an activating group) is 1. The molecule has 2 heterocycles. The Labute approximate surface area is 234 Å². The number of carbonyl (C=O) groups excluding carboxylic acids is 2. The van der Waals surface area contributed by atoms with E-state index in [9.17, 15) is 27.2 Å². The van der Waals surface area contributed by atoms with Crippen LogP contribution in [0.5, 0.6) is 0 Å². The normalized spacial score (nSPS) is 22.1. The first-order chi connectivity index (χ1) is 18.3. The van der Waals surface area contributed by atoms with Crippen LogP contribution in [0.2, 0.25) is 10.0 Å². The molecule has 2 fully saturated rings. The third kappa shape index (κ3) is 7.22. The van der Waals surface area contributed by atoms with Crippen LogP contribution in [0.4, 0.5) is 17.6 Å². The van der Waals surface area contributed by atoms with Crippen molar-refractivity contribution in [1.29, 1.82) is 0 Å². The Hall–Kier alpha value is -2.40. The van der Waals surface area contributed by atoms with Gasteiger partial charge < -0.3 is 10.2 Å². The lowest BCUT2D eigenvalue weighted by Crippen LogP contribution is -2.42. The zero-order valence-electron chi connectivity index (χ0n) is 21.6. The number of hydrogen-bond donors (Lipinski definition) is 1. The topological polar surface area (TPSA) is 55.9 Å². The Morgan fingerprint density at radius 1 is 1.08 bits per heavy atom. The fourth-order valence-electron chi connectivity index (χ4n) is 5.47. The molecule has 4 rings (SSSR count). The molecule has 2 aromatic carbocycles. The zero-order valence-corrected chi connectivity index (χ0v) is 23.1. The Morgan fingerprint density at radius 2 is 1.82 bits per heavy atom. The van der Waals surface area contributed by atoms with Crippen molar-refractivity contribution in [2.45, 2.75) is 44.1 Å². The first-order valence-corrected chi connectivity index (χ1v) is 13.4. The molecule has 0 bridgehead atoms. The maximum absolute atomic E-state index is 14.2. The number of nitrogens with one attached hydrogen (secondary N) is 1. The molecule has 39 heavy (non-hydrogen) atoms. The summed E-state index contributed by atoms with van der Waals surface area (Å²) in [4.78, 5) is 30.4. The lowest BCUT2D eigenvalue weighted by Gasteiger charge is -2.29. The molecule has 0 aromatic heterocycles. The van der Waals surface area contributed by atoms with Gasteiger partial charge in [0.1, 0.15) is 5.82 Å². The summed E-state index contributed by atoms with van der Waals surface area (Å²) in [5.74, 6) is -1.63. The van der Waals surface area contributed by atoms with Crippen molar-refractivity contribution in [2.75, 3.05) is 39.8 Å². The molecule has 1 N–H and O–H groups in total. The van der Waals surface area contributed by atoms with E-state index in [2.05, 4.69) is 5.32 Å². The fourth-order valence-corrected chi connectivity index (χ4v) is 5.78. The minimum Gasteiger partial charge on any atom is -0.352 e. The van der Waals surface area contributed by atoms with Crippen molar-refractivity contribution in [3.05, 3.63) is 69.0 Å². The van der Waals surface area contributed by atoms with Gasteiger partial charge in [-0.15, -0.1) is 0 Å². The highest BCUT2D eigenvalue weighted by Gasteiger charge is 2.40. The number of hydrogen-bond acceptors (Lipinski definition) is 4. The van der Waals surface area contributed by atoms with E-state index in [0.717, 1.165) is 24.1 Å². The molecule has 12 heteroatoms. The van der Waals surface area contributed by atoms with Gasteiger partial charge in [-0.3, -0.25) is 19.4 Å². The number of rotatable bonds is 7. The maximum Gasteiger partial charge on any atom is 0.419 e. The number of amides is 2. The van der Waals surface area contributed by atoms with Crippen molar-refractivity contribution in [3.63, 3.8) is 0 Å². The summed E-state index contributed by atoms with van der Waals surface area (Å²) in [7, 11) is 1.80. The predicted octanol–water partition coefficient (Wildman–Crippen LogP) is 4.79. The summed E-state index contributed by atoms with van der Waals surface area (Å²) in [5, 5.41) is 3.67. The Bertz CT molecular complexity index is 1230. The Kier molecular flexibility index (Phi) is 9.10. The van der Waals surface area contributed by atoms with Crippen LogP contribution in [0.15, 0.2) is 36.4 Å². The van der Waals surface area contributed by atoms with Gasteiger partial charge in [0.25, 0.3) is 0 Å². The number of benzene rings is 2. The van der Waals surface area contributed by atoms with E-state index >= 15 is 0 Å². The highest BCUT2D eigenvalue weighted by atomic mass is 35.5. The molecule has 2 amide bonds. The van der Waals surface area contributed by atoms with E-state index in [1.807, 2.05) is 15.9 Å². The SMILES string of the molecule is CC(=O)N[C@H]1CCN(CC(=O)N2CC(c3ccc(Cl)c(Cl)c3)C(N(C)Cc3ccc(C(F)(F)F)c(F)c3)C2)C1. The summed E-state index contributed by atoms with van der Waals surface area (Å²) in [6.45, 7) is 3.95. The van der Waals surface area contributed by atoms with E-state index in [1.165, 1.54) is 13.0 Å². The fraction of sp³-hybridized carbons (Fsp3) is 0.481. The summed E-state index contributed by atoms with van der Waals surface area (Å²) in [6.07, 6.45) is -3.99. The molecule has 0 aliphatic carbocycles. The molecule has 0 saturated carbocycles. The Balaban J connectivity index is 1.50. The molecule has 0 radical (unpaired) electrons. The van der Waals surface area contributed by atoms with Crippen LogP contribution < -0.4 is 5.32 Å². The summed E-state index contributed by atoms with van der Waals surface area (Å²) in [5.41, 5.74) is -0.0355. The van der Waals surface area contributed by atoms with E-state index in [-0.39, 0.29) is 42.9 Å². The van der Waals surface area contributed by atoms with Gasteiger partial charge in [0, 0.05) is 57.6 Å². The first kappa shape index (κ1) is 29.6. The van der Waals surface area contributed by atoms with Crippen molar-refractivity contribution in [1.82, 2.24) is 20.0 Å². The van der Waals surface area contributed by atoms with Gasteiger partial charge in [-0.1, -0.05) is 35.3 Å². The van der Waals surface area contributed by atoms with Crippen molar-refractivity contribution in [3.8, 4) is 0 Å². The van der Waals surface area contributed by atoms with Crippen LogP contribution in [0.3, 0.4) is 0 Å². The lowest BCUT2D eigenvalue weighted by atomic mass is 9.93. The number of halogens is 6. The van der Waals surface area contributed by atoms with Gasteiger partial charge in [0.05, 0.1) is 22.2 Å². The smallest absolute Gasteiger partial charge is 0.352 e. The second kappa shape index (κ2) is 12.0. The van der Waals surface area contributed by atoms with Crippen molar-refractivity contribution >= 4 is 35.0 Å². The average Bonchev–Trinajstić information content (AvgIpc) is 3.47. The van der Waals surface area contributed by atoms with Gasteiger partial charge in [0.2, 0.25) is 11.8 Å². The minimum atomic E-state index is -4.77. The standard InChI is InChI=1S/C27H30Cl2F4N4O2/c1-16(38)34-19-7-8-36(12-19)15-26(39)37-13-20(18-4-6-22(28)23(29)10-18)25(14-37)35(2)11-17-3-5-21(24(30)9-17)27(31,32)33/h3-6,9-10,19-20,25H,7-8,11-15H2,1-2H3,(H,34,38)/t19-,20?,25?/m0/s1. The number of alkyl halides is 3. The van der Waals surface area contributed by atoms with E-state index < -0.39 is 17.6 Å². The molecule has 0 spiro atoms. The summed E-state index contributed by atoms with van der Waals surface area (Å²) >= 11 is 12.4. The largest absolute Gasteiger partial charge is 0.419 e. The second-order valence-electron chi connectivity index (χ2n) is 10.3. The first-order valence-electron chi connectivity index (χ1n) is 12.6. The van der Waals surface area contributed by atoms with Crippen molar-refractivity contribution in [2.24, 2.45) is 0 Å². The monoisotopic (exact) mass is 588 g/mol. The average molecular weight is 589 g/mol. The molecule has 212 valence electrons. The van der Waals surface area contributed by atoms with Crippen LogP contribution in [0.1, 0.15) is 36.0 Å². The maximum atomic E-state index is 14.2. The third-order valence-electron chi connectivity index (χ3n) is 7.39.